The number of ether oxygens (including phenoxy) is 2. The normalized spacial score (nSPS) is 18.6. The highest BCUT2D eigenvalue weighted by atomic mass is 19.1. The van der Waals surface area contributed by atoms with Gasteiger partial charge in [-0.1, -0.05) is 0 Å². The molecule has 0 radical (unpaired) electrons. The van der Waals surface area contributed by atoms with E-state index in [0.29, 0.717) is 24.0 Å². The maximum atomic E-state index is 14.8. The highest BCUT2D eigenvalue weighted by Crippen LogP contribution is 2.41. The van der Waals surface area contributed by atoms with Crippen LogP contribution in [-0.2, 0) is 23.9 Å². The smallest absolute Gasteiger partial charge is 0.326 e. The third-order valence-corrected chi connectivity index (χ3v) is 5.20. The van der Waals surface area contributed by atoms with Crippen LogP contribution in [0.5, 0.6) is 5.75 Å². The SMILES string of the molecule is CCOC(=O)CN1C(=O)COc2cc(F)c(N3C(=O)C4=C(CCCC4)C3=O)cc21. The van der Waals surface area contributed by atoms with Gasteiger partial charge < -0.3 is 9.47 Å². The van der Waals surface area contributed by atoms with Crippen LogP contribution in [0.15, 0.2) is 23.3 Å². The number of halogens is 1. The summed E-state index contributed by atoms with van der Waals surface area (Å²) in [5.74, 6) is -3.00. The Morgan fingerprint density at radius 1 is 1.10 bits per heavy atom. The minimum absolute atomic E-state index is 0.0481. The lowest BCUT2D eigenvalue weighted by atomic mass is 9.93. The van der Waals surface area contributed by atoms with Gasteiger partial charge in [0.1, 0.15) is 12.3 Å². The Balaban J connectivity index is 1.73. The Bertz CT molecular complexity index is 942. The Kier molecular flexibility index (Phi) is 4.81. The van der Waals surface area contributed by atoms with Crippen molar-refractivity contribution < 1.29 is 33.0 Å². The number of imide groups is 1. The topological polar surface area (TPSA) is 93.2 Å². The van der Waals surface area contributed by atoms with E-state index in [9.17, 15) is 23.6 Å². The summed E-state index contributed by atoms with van der Waals surface area (Å²) in [6.45, 7) is 1.04. The summed E-state index contributed by atoms with van der Waals surface area (Å²) in [5.41, 5.74) is 0.694. The minimum atomic E-state index is -0.823. The third-order valence-electron chi connectivity index (χ3n) is 5.20. The van der Waals surface area contributed by atoms with Gasteiger partial charge in [0.15, 0.2) is 12.4 Å². The van der Waals surface area contributed by atoms with E-state index in [2.05, 4.69) is 0 Å². The standard InChI is InChI=1S/C20H19FN2O6/c1-2-28-18(25)9-22-15-8-14(13(21)7-16(15)29-10-17(22)24)23-19(26)11-5-3-4-6-12(11)20(23)27/h7-8H,2-6,9-10H2,1H3. The molecule has 0 saturated carbocycles. The Morgan fingerprint density at radius 2 is 1.76 bits per heavy atom. The zero-order valence-corrected chi connectivity index (χ0v) is 15.8. The summed E-state index contributed by atoms with van der Waals surface area (Å²) >= 11 is 0. The van der Waals surface area contributed by atoms with Gasteiger partial charge in [0, 0.05) is 17.2 Å². The van der Waals surface area contributed by atoms with Crippen LogP contribution in [0, 0.1) is 5.82 Å². The summed E-state index contributed by atoms with van der Waals surface area (Å²) < 4.78 is 25.0. The van der Waals surface area contributed by atoms with E-state index < -0.39 is 29.5 Å². The zero-order chi connectivity index (χ0) is 20.7. The zero-order valence-electron chi connectivity index (χ0n) is 15.8. The molecule has 0 unspecified atom stereocenters. The fourth-order valence-electron chi connectivity index (χ4n) is 3.85. The summed E-state index contributed by atoms with van der Waals surface area (Å²) in [6.07, 6.45) is 2.57. The van der Waals surface area contributed by atoms with Crippen LogP contribution in [0.4, 0.5) is 15.8 Å². The van der Waals surface area contributed by atoms with E-state index in [1.165, 1.54) is 6.07 Å². The van der Waals surface area contributed by atoms with Crippen molar-refractivity contribution in [3.05, 3.63) is 29.1 Å². The first-order chi connectivity index (χ1) is 13.9. The molecule has 4 rings (SSSR count). The van der Waals surface area contributed by atoms with E-state index in [-0.39, 0.29) is 36.9 Å². The first-order valence-electron chi connectivity index (χ1n) is 9.45. The van der Waals surface area contributed by atoms with E-state index >= 15 is 0 Å². The van der Waals surface area contributed by atoms with Gasteiger partial charge in [-0.05, 0) is 38.7 Å². The monoisotopic (exact) mass is 402 g/mol. The molecule has 0 saturated heterocycles. The molecular weight excluding hydrogens is 383 g/mol. The molecule has 1 aromatic carbocycles. The van der Waals surface area contributed by atoms with Gasteiger partial charge in [0.25, 0.3) is 17.7 Å². The Labute approximate surface area is 165 Å². The molecule has 3 aliphatic rings. The first kappa shape index (κ1) is 19.1. The van der Waals surface area contributed by atoms with Gasteiger partial charge in [-0.15, -0.1) is 0 Å². The lowest BCUT2D eigenvalue weighted by molar-refractivity contribution is -0.142. The van der Waals surface area contributed by atoms with Crippen molar-refractivity contribution in [2.24, 2.45) is 0 Å². The van der Waals surface area contributed by atoms with Crippen LogP contribution in [0.3, 0.4) is 0 Å². The third kappa shape index (κ3) is 3.16. The van der Waals surface area contributed by atoms with E-state index in [1.807, 2.05) is 0 Å². The van der Waals surface area contributed by atoms with E-state index in [4.69, 9.17) is 9.47 Å². The van der Waals surface area contributed by atoms with Gasteiger partial charge in [-0.25, -0.2) is 9.29 Å². The predicted molar refractivity (Wildman–Crippen MR) is 98.9 cm³/mol. The van der Waals surface area contributed by atoms with E-state index in [1.54, 1.807) is 6.92 Å². The van der Waals surface area contributed by atoms with Gasteiger partial charge in [0.2, 0.25) is 0 Å². The van der Waals surface area contributed by atoms with Crippen molar-refractivity contribution in [3.63, 3.8) is 0 Å². The van der Waals surface area contributed by atoms with Crippen molar-refractivity contribution >= 4 is 35.1 Å². The number of esters is 1. The molecule has 0 N–H and O–H groups in total. The minimum Gasteiger partial charge on any atom is -0.481 e. The Hall–Kier alpha value is -3.23. The lowest BCUT2D eigenvalue weighted by Gasteiger charge is -2.30. The Morgan fingerprint density at radius 3 is 2.38 bits per heavy atom. The van der Waals surface area contributed by atoms with Crippen LogP contribution in [0.25, 0.3) is 0 Å². The fourth-order valence-corrected chi connectivity index (χ4v) is 3.85. The molecule has 0 spiro atoms. The molecule has 2 aliphatic heterocycles. The van der Waals surface area contributed by atoms with Crippen LogP contribution in [0.2, 0.25) is 0 Å². The number of hydrogen-bond donors (Lipinski definition) is 0. The number of rotatable bonds is 4. The number of benzene rings is 1. The highest BCUT2D eigenvalue weighted by molar-refractivity contribution is 6.33. The van der Waals surface area contributed by atoms with E-state index in [0.717, 1.165) is 28.7 Å². The number of carbonyl (C=O) groups is 4. The molecule has 152 valence electrons. The van der Waals surface area contributed by atoms with Crippen molar-refractivity contribution in [1.29, 1.82) is 0 Å². The maximum absolute atomic E-state index is 14.8. The van der Waals surface area contributed by atoms with Gasteiger partial charge in [-0.2, -0.15) is 0 Å². The largest absolute Gasteiger partial charge is 0.481 e. The molecular formula is C20H19FN2O6. The van der Waals surface area contributed by atoms with Crippen molar-refractivity contribution in [2.75, 3.05) is 29.6 Å². The second-order valence-corrected chi connectivity index (χ2v) is 6.95. The van der Waals surface area contributed by atoms with Crippen molar-refractivity contribution in [2.45, 2.75) is 32.6 Å². The van der Waals surface area contributed by atoms with Crippen LogP contribution < -0.4 is 14.5 Å². The predicted octanol–water partition coefficient (Wildman–Crippen LogP) is 1.86. The number of hydrogen-bond acceptors (Lipinski definition) is 6. The van der Waals surface area contributed by atoms with Crippen molar-refractivity contribution in [3.8, 4) is 5.75 Å². The summed E-state index contributed by atoms with van der Waals surface area (Å²) in [5, 5.41) is 0. The second kappa shape index (κ2) is 7.31. The number of nitrogens with zero attached hydrogens (tertiary/aromatic N) is 2. The second-order valence-electron chi connectivity index (χ2n) is 6.95. The van der Waals surface area contributed by atoms with Crippen molar-refractivity contribution in [1.82, 2.24) is 0 Å². The van der Waals surface area contributed by atoms with Crippen LogP contribution in [0.1, 0.15) is 32.6 Å². The number of amides is 3. The summed E-state index contributed by atoms with van der Waals surface area (Å²) in [4.78, 5) is 51.7. The number of anilines is 2. The molecule has 9 heteroatoms. The molecule has 2 heterocycles. The highest BCUT2D eigenvalue weighted by Gasteiger charge is 2.42. The van der Waals surface area contributed by atoms with Gasteiger partial charge in [0.05, 0.1) is 18.0 Å². The maximum Gasteiger partial charge on any atom is 0.326 e. The molecule has 1 aromatic rings. The van der Waals surface area contributed by atoms with Gasteiger partial charge >= 0.3 is 5.97 Å². The summed E-state index contributed by atoms with van der Waals surface area (Å²) in [6, 6.07) is 2.22. The number of fused-ring (bicyclic) bond motifs is 1. The molecule has 0 bridgehead atoms. The number of carbonyl (C=O) groups excluding carboxylic acids is 4. The average Bonchev–Trinajstić information content (AvgIpc) is 2.95. The first-order valence-corrected chi connectivity index (χ1v) is 9.45. The summed E-state index contributed by atoms with van der Waals surface area (Å²) in [7, 11) is 0. The van der Waals surface area contributed by atoms with Crippen LogP contribution in [-0.4, -0.2) is 43.4 Å². The molecule has 29 heavy (non-hydrogen) atoms. The lowest BCUT2D eigenvalue weighted by Crippen LogP contribution is -2.43. The molecule has 8 nitrogen and oxygen atoms in total. The molecule has 1 aliphatic carbocycles. The molecule has 0 aromatic heterocycles. The molecule has 0 fully saturated rings. The molecule has 0 atom stereocenters. The fraction of sp³-hybridized carbons (Fsp3) is 0.400. The molecule has 3 amide bonds. The average molecular weight is 402 g/mol. The van der Waals surface area contributed by atoms with Gasteiger partial charge in [-0.3, -0.25) is 24.1 Å². The van der Waals surface area contributed by atoms with Crippen LogP contribution >= 0.6 is 0 Å². The quantitative estimate of drug-likeness (QED) is 0.564.